The van der Waals surface area contributed by atoms with Crippen molar-refractivity contribution in [1.29, 1.82) is 0 Å². The van der Waals surface area contributed by atoms with Crippen LogP contribution in [0, 0.1) is 0 Å². The van der Waals surface area contributed by atoms with Crippen molar-refractivity contribution in [2.75, 3.05) is 53.9 Å². The number of pyridine rings is 1. The number of carbonyl (C=O) groups excluding carboxylic acids is 1. The number of aromatic nitrogens is 5. The van der Waals surface area contributed by atoms with E-state index < -0.39 is 6.09 Å². The molecule has 0 unspecified atom stereocenters. The Balaban J connectivity index is 1.23. The minimum absolute atomic E-state index is 0.184. The maximum absolute atomic E-state index is 12.8. The summed E-state index contributed by atoms with van der Waals surface area (Å²) in [6.07, 6.45) is 6.74. The maximum Gasteiger partial charge on any atom is 0.436 e. The molecule has 1 amide bonds. The van der Waals surface area contributed by atoms with E-state index in [0.29, 0.717) is 68.0 Å². The van der Waals surface area contributed by atoms with Gasteiger partial charge in [0.25, 0.3) is 0 Å². The quantitative estimate of drug-likeness (QED) is 0.408. The number of hydrogen-bond acceptors (Lipinski definition) is 11. The van der Waals surface area contributed by atoms with Crippen molar-refractivity contribution < 1.29 is 14.4 Å². The Morgan fingerprint density at radius 2 is 1.63 bits per heavy atom. The lowest BCUT2D eigenvalue weighted by Gasteiger charge is -2.28. The molecule has 6 rings (SSSR count). The smallest absolute Gasteiger partial charge is 0.378 e. The molecule has 3 aromatic heterocycles. The van der Waals surface area contributed by atoms with E-state index in [4.69, 9.17) is 25.3 Å². The van der Waals surface area contributed by atoms with E-state index in [1.165, 1.54) is 5.06 Å². The number of carbonyl (C=O) groups is 1. The number of hydroxylamine groups is 1. The van der Waals surface area contributed by atoms with Crippen LogP contribution in [0.1, 0.15) is 5.56 Å². The Bertz CT molecular complexity index is 1430. The van der Waals surface area contributed by atoms with E-state index in [2.05, 4.69) is 20.3 Å². The van der Waals surface area contributed by atoms with Crippen LogP contribution in [0.4, 0.5) is 28.2 Å². The molecule has 5 heterocycles. The standard InChI is InChI=1S/C26H25N9O3/c27-24-29-15-19(16-30-24)22-21-7-10-35(23(21)33-25(32-22)34-11-13-37-14-12-34)38-26(36)31-20-3-1-17(2-4-20)18-5-8-28-9-6-18/h1-6,8-9,15-16H,7,10-14H2,(H,31,36)(H2,27,29,30). The monoisotopic (exact) mass is 511 g/mol. The van der Waals surface area contributed by atoms with Gasteiger partial charge in [-0.25, -0.2) is 19.7 Å². The number of benzene rings is 1. The first-order valence-electron chi connectivity index (χ1n) is 12.2. The van der Waals surface area contributed by atoms with Crippen LogP contribution in [-0.4, -0.2) is 63.9 Å². The number of nitrogens with two attached hydrogens (primary N) is 1. The van der Waals surface area contributed by atoms with E-state index in [-0.39, 0.29) is 5.95 Å². The molecule has 0 atom stereocenters. The minimum Gasteiger partial charge on any atom is -0.378 e. The Labute approximate surface area is 218 Å². The Hall–Kier alpha value is -4.84. The summed E-state index contributed by atoms with van der Waals surface area (Å²) in [7, 11) is 0. The number of nitrogens with zero attached hydrogens (tertiary/aromatic N) is 7. The van der Waals surface area contributed by atoms with Crippen molar-refractivity contribution in [3.05, 3.63) is 66.7 Å². The van der Waals surface area contributed by atoms with Crippen LogP contribution in [0.5, 0.6) is 0 Å². The van der Waals surface area contributed by atoms with Crippen molar-refractivity contribution in [3.8, 4) is 22.4 Å². The van der Waals surface area contributed by atoms with Crippen LogP contribution in [0.25, 0.3) is 22.4 Å². The number of hydrogen-bond donors (Lipinski definition) is 2. The Morgan fingerprint density at radius 3 is 2.37 bits per heavy atom. The van der Waals surface area contributed by atoms with Gasteiger partial charge in [0.2, 0.25) is 11.9 Å². The summed E-state index contributed by atoms with van der Waals surface area (Å²) in [6, 6.07) is 11.4. The predicted molar refractivity (Wildman–Crippen MR) is 141 cm³/mol. The van der Waals surface area contributed by atoms with Gasteiger partial charge in [0, 0.05) is 54.7 Å². The number of fused-ring (bicyclic) bond motifs is 1. The van der Waals surface area contributed by atoms with Crippen LogP contribution in [-0.2, 0) is 16.0 Å². The van der Waals surface area contributed by atoms with Gasteiger partial charge in [0.1, 0.15) is 0 Å². The lowest BCUT2D eigenvalue weighted by atomic mass is 10.1. The number of anilines is 4. The molecule has 12 heteroatoms. The second kappa shape index (κ2) is 10.3. The summed E-state index contributed by atoms with van der Waals surface area (Å²) < 4.78 is 5.48. The average molecular weight is 512 g/mol. The van der Waals surface area contributed by atoms with E-state index in [9.17, 15) is 4.79 Å². The van der Waals surface area contributed by atoms with Gasteiger partial charge in [-0.3, -0.25) is 10.3 Å². The summed E-state index contributed by atoms with van der Waals surface area (Å²) in [5.41, 5.74) is 10.6. The van der Waals surface area contributed by atoms with Gasteiger partial charge in [-0.05, 0) is 41.8 Å². The van der Waals surface area contributed by atoms with Gasteiger partial charge in [0.15, 0.2) is 5.82 Å². The second-order valence-electron chi connectivity index (χ2n) is 8.77. The molecule has 0 aliphatic carbocycles. The fourth-order valence-electron chi connectivity index (χ4n) is 4.44. The summed E-state index contributed by atoms with van der Waals surface area (Å²) in [6.45, 7) is 2.93. The summed E-state index contributed by atoms with van der Waals surface area (Å²) in [5, 5.41) is 4.29. The number of ether oxygens (including phenoxy) is 1. The van der Waals surface area contributed by atoms with Gasteiger partial charge < -0.3 is 20.2 Å². The van der Waals surface area contributed by atoms with E-state index in [1.807, 2.05) is 41.3 Å². The molecule has 0 saturated carbocycles. The third-order valence-corrected chi connectivity index (χ3v) is 6.35. The Kier molecular flexibility index (Phi) is 6.36. The van der Waals surface area contributed by atoms with Crippen LogP contribution in [0.2, 0.25) is 0 Å². The SMILES string of the molecule is Nc1ncc(-c2nc(N3CCOCC3)nc3c2CCN3OC(=O)Nc2ccc(-c3ccncc3)cc2)cn1. The van der Waals surface area contributed by atoms with Gasteiger partial charge >= 0.3 is 6.09 Å². The molecule has 38 heavy (non-hydrogen) atoms. The van der Waals surface area contributed by atoms with Crippen LogP contribution in [0.15, 0.2) is 61.2 Å². The van der Waals surface area contributed by atoms with Gasteiger partial charge in [-0.2, -0.15) is 10.0 Å². The van der Waals surface area contributed by atoms with Crippen molar-refractivity contribution in [3.63, 3.8) is 0 Å². The molecule has 1 fully saturated rings. The molecule has 0 spiro atoms. The van der Waals surface area contributed by atoms with Crippen molar-refractivity contribution in [2.24, 2.45) is 0 Å². The fraction of sp³-hybridized carbons (Fsp3) is 0.231. The topological polar surface area (TPSA) is 145 Å². The van der Waals surface area contributed by atoms with Gasteiger partial charge in [-0.15, -0.1) is 0 Å². The van der Waals surface area contributed by atoms with Gasteiger partial charge in [0.05, 0.1) is 25.5 Å². The van der Waals surface area contributed by atoms with Crippen LogP contribution < -0.4 is 21.0 Å². The summed E-state index contributed by atoms with van der Waals surface area (Å²) in [4.78, 5) is 42.5. The molecule has 2 aliphatic heterocycles. The highest BCUT2D eigenvalue weighted by atomic mass is 16.7. The third-order valence-electron chi connectivity index (χ3n) is 6.35. The summed E-state index contributed by atoms with van der Waals surface area (Å²) >= 11 is 0. The normalized spacial score (nSPS) is 14.7. The van der Waals surface area contributed by atoms with Crippen molar-refractivity contribution in [2.45, 2.75) is 6.42 Å². The Morgan fingerprint density at radius 1 is 0.921 bits per heavy atom. The highest BCUT2D eigenvalue weighted by Crippen LogP contribution is 2.35. The number of nitrogens with one attached hydrogen (secondary N) is 1. The first kappa shape index (κ1) is 23.6. The zero-order valence-electron chi connectivity index (χ0n) is 20.4. The van der Waals surface area contributed by atoms with E-state index in [0.717, 1.165) is 16.7 Å². The fourth-order valence-corrected chi connectivity index (χ4v) is 4.44. The molecule has 3 N–H and O–H groups in total. The molecule has 2 aliphatic rings. The zero-order chi connectivity index (χ0) is 25.9. The number of morpholine rings is 1. The first-order chi connectivity index (χ1) is 18.6. The second-order valence-corrected chi connectivity index (χ2v) is 8.77. The molecular formula is C26H25N9O3. The predicted octanol–water partition coefficient (Wildman–Crippen LogP) is 2.94. The lowest BCUT2D eigenvalue weighted by molar-refractivity contribution is 0.122. The van der Waals surface area contributed by atoms with E-state index >= 15 is 0 Å². The minimum atomic E-state index is -0.613. The van der Waals surface area contributed by atoms with Gasteiger partial charge in [-0.1, -0.05) is 12.1 Å². The lowest BCUT2D eigenvalue weighted by Crippen LogP contribution is -2.37. The number of amides is 1. The first-order valence-corrected chi connectivity index (χ1v) is 12.2. The van der Waals surface area contributed by atoms with E-state index in [1.54, 1.807) is 24.8 Å². The molecule has 0 radical (unpaired) electrons. The third kappa shape index (κ3) is 4.89. The molecule has 0 bridgehead atoms. The summed E-state index contributed by atoms with van der Waals surface area (Å²) in [5.74, 6) is 1.25. The highest BCUT2D eigenvalue weighted by molar-refractivity contribution is 5.86. The maximum atomic E-state index is 12.8. The average Bonchev–Trinajstić information content (AvgIpc) is 3.36. The highest BCUT2D eigenvalue weighted by Gasteiger charge is 2.31. The molecule has 1 aromatic carbocycles. The molecule has 1 saturated heterocycles. The zero-order valence-corrected chi connectivity index (χ0v) is 20.4. The number of nitrogen functional groups attached to an aromatic ring is 1. The number of rotatable bonds is 5. The largest absolute Gasteiger partial charge is 0.436 e. The van der Waals surface area contributed by atoms with Crippen LogP contribution >= 0.6 is 0 Å². The van der Waals surface area contributed by atoms with Crippen LogP contribution in [0.3, 0.4) is 0 Å². The van der Waals surface area contributed by atoms with Crippen molar-refractivity contribution in [1.82, 2.24) is 24.9 Å². The molecule has 192 valence electrons. The molecule has 12 nitrogen and oxygen atoms in total. The van der Waals surface area contributed by atoms with Crippen molar-refractivity contribution >= 4 is 29.5 Å². The molecular weight excluding hydrogens is 486 g/mol. The molecule has 4 aromatic rings.